The van der Waals surface area contributed by atoms with E-state index in [1.165, 1.54) is 12.1 Å². The number of hydrogen-bond donors (Lipinski definition) is 0. The number of ether oxygens (including phenoxy) is 1. The molecule has 0 unspecified atom stereocenters. The number of halogens is 3. The van der Waals surface area contributed by atoms with E-state index in [-0.39, 0.29) is 17.6 Å². The molecule has 0 aliphatic carbocycles. The number of rotatable bonds is 3. The average molecular weight is 320 g/mol. The van der Waals surface area contributed by atoms with Crippen molar-refractivity contribution in [2.75, 3.05) is 0 Å². The molecular formula is C17H11F3O3. The van der Waals surface area contributed by atoms with Crippen LogP contribution in [-0.4, -0.2) is 0 Å². The van der Waals surface area contributed by atoms with Gasteiger partial charge in [-0.25, -0.2) is 4.79 Å². The Balaban J connectivity index is 2.14. The molecule has 0 aliphatic rings. The summed E-state index contributed by atoms with van der Waals surface area (Å²) < 4.78 is 49.8. The molecule has 1 heterocycles. The van der Waals surface area contributed by atoms with Gasteiger partial charge in [-0.2, -0.15) is 13.2 Å². The van der Waals surface area contributed by atoms with Crippen LogP contribution in [0.25, 0.3) is 11.0 Å². The van der Waals surface area contributed by atoms with E-state index in [1.54, 1.807) is 42.5 Å². The van der Waals surface area contributed by atoms with Crippen LogP contribution in [0.4, 0.5) is 13.2 Å². The first kappa shape index (κ1) is 15.1. The highest BCUT2D eigenvalue weighted by molar-refractivity contribution is 5.84. The Kier molecular flexibility index (Phi) is 3.82. The molecule has 3 rings (SSSR count). The average Bonchev–Trinajstić information content (AvgIpc) is 2.52. The van der Waals surface area contributed by atoms with Crippen LogP contribution in [0, 0.1) is 0 Å². The van der Waals surface area contributed by atoms with Gasteiger partial charge in [0.1, 0.15) is 12.2 Å². The van der Waals surface area contributed by atoms with Crippen LogP contribution in [0.5, 0.6) is 5.75 Å². The van der Waals surface area contributed by atoms with E-state index in [4.69, 9.17) is 9.15 Å². The molecule has 0 atom stereocenters. The summed E-state index contributed by atoms with van der Waals surface area (Å²) in [6, 6.07) is 14.7. The molecule has 0 saturated heterocycles. The van der Waals surface area contributed by atoms with Crippen LogP contribution in [0.15, 0.2) is 63.8 Å². The van der Waals surface area contributed by atoms with Crippen molar-refractivity contribution in [1.82, 2.24) is 0 Å². The zero-order valence-corrected chi connectivity index (χ0v) is 11.8. The summed E-state index contributed by atoms with van der Waals surface area (Å²) in [5, 5.41) is 0.107. The van der Waals surface area contributed by atoms with Gasteiger partial charge in [0.05, 0.1) is 5.39 Å². The minimum atomic E-state index is -4.86. The normalized spacial score (nSPS) is 11.6. The van der Waals surface area contributed by atoms with E-state index in [0.717, 1.165) is 0 Å². The number of hydrogen-bond acceptors (Lipinski definition) is 3. The lowest BCUT2D eigenvalue weighted by atomic mass is 10.1. The van der Waals surface area contributed by atoms with Crippen LogP contribution in [0.1, 0.15) is 11.1 Å². The van der Waals surface area contributed by atoms with Crippen LogP contribution < -0.4 is 10.4 Å². The molecule has 2 aromatic carbocycles. The Morgan fingerprint density at radius 3 is 2.30 bits per heavy atom. The van der Waals surface area contributed by atoms with Crippen molar-refractivity contribution in [1.29, 1.82) is 0 Å². The van der Waals surface area contributed by atoms with Gasteiger partial charge >= 0.3 is 11.8 Å². The second-order valence-electron chi connectivity index (χ2n) is 4.86. The van der Waals surface area contributed by atoms with Gasteiger partial charge < -0.3 is 9.15 Å². The molecule has 0 radical (unpaired) electrons. The molecular weight excluding hydrogens is 309 g/mol. The largest absolute Gasteiger partial charge is 0.487 e. The first-order valence-corrected chi connectivity index (χ1v) is 6.76. The fourth-order valence-electron chi connectivity index (χ4n) is 2.25. The number of para-hydroxylation sites is 1. The van der Waals surface area contributed by atoms with Crippen molar-refractivity contribution in [2.45, 2.75) is 12.8 Å². The third kappa shape index (κ3) is 3.06. The van der Waals surface area contributed by atoms with E-state index in [1.807, 2.05) is 0 Å². The van der Waals surface area contributed by atoms with Gasteiger partial charge in [-0.15, -0.1) is 0 Å². The van der Waals surface area contributed by atoms with E-state index in [2.05, 4.69) is 0 Å². The molecule has 0 amide bonds. The third-order valence-corrected chi connectivity index (χ3v) is 3.27. The van der Waals surface area contributed by atoms with E-state index >= 15 is 0 Å². The van der Waals surface area contributed by atoms with Crippen LogP contribution >= 0.6 is 0 Å². The highest BCUT2D eigenvalue weighted by Crippen LogP contribution is 2.38. The SMILES string of the molecule is O=c1oc2ccccc2c(OCc2ccccc2)c1C(F)(F)F. The van der Waals surface area contributed by atoms with Gasteiger partial charge in [0.2, 0.25) is 0 Å². The fourth-order valence-corrected chi connectivity index (χ4v) is 2.25. The molecule has 23 heavy (non-hydrogen) atoms. The molecule has 0 bridgehead atoms. The van der Waals surface area contributed by atoms with Crippen molar-refractivity contribution in [2.24, 2.45) is 0 Å². The van der Waals surface area contributed by atoms with Crippen molar-refractivity contribution in [3.8, 4) is 5.75 Å². The standard InChI is InChI=1S/C17H11F3O3/c18-17(19,20)14-15(22-10-11-6-2-1-3-7-11)12-8-4-5-9-13(12)23-16(14)21/h1-9H,10H2. The van der Waals surface area contributed by atoms with Crippen LogP contribution in [0.2, 0.25) is 0 Å². The Bertz CT molecular complexity index is 883. The zero-order valence-electron chi connectivity index (χ0n) is 11.8. The summed E-state index contributed by atoms with van der Waals surface area (Å²) in [5.41, 5.74) is -2.14. The maximum absolute atomic E-state index is 13.2. The van der Waals surface area contributed by atoms with Gasteiger partial charge in [-0.3, -0.25) is 0 Å². The maximum atomic E-state index is 13.2. The lowest BCUT2D eigenvalue weighted by Crippen LogP contribution is -2.20. The van der Waals surface area contributed by atoms with Gasteiger partial charge in [-0.05, 0) is 17.7 Å². The molecule has 1 aromatic heterocycles. The third-order valence-electron chi connectivity index (χ3n) is 3.27. The molecule has 3 nitrogen and oxygen atoms in total. The van der Waals surface area contributed by atoms with Crippen molar-refractivity contribution < 1.29 is 22.3 Å². The highest BCUT2D eigenvalue weighted by atomic mass is 19.4. The predicted octanol–water partition coefficient (Wildman–Crippen LogP) is 4.39. The molecule has 0 N–H and O–H groups in total. The first-order chi connectivity index (χ1) is 11.0. The molecule has 0 spiro atoms. The van der Waals surface area contributed by atoms with Crippen molar-refractivity contribution in [3.05, 3.63) is 76.1 Å². The summed E-state index contributed by atoms with van der Waals surface area (Å²) in [6.45, 7) is -0.0859. The molecule has 118 valence electrons. The van der Waals surface area contributed by atoms with Gasteiger partial charge in [0.15, 0.2) is 11.3 Å². The fraction of sp³-hybridized carbons (Fsp3) is 0.118. The Labute approximate surface area is 128 Å². The van der Waals surface area contributed by atoms with E-state index < -0.39 is 23.1 Å². The Morgan fingerprint density at radius 1 is 0.957 bits per heavy atom. The lowest BCUT2D eigenvalue weighted by molar-refractivity contribution is -0.141. The lowest BCUT2D eigenvalue weighted by Gasteiger charge is -2.14. The summed E-state index contributed by atoms with van der Waals surface area (Å²) in [6.07, 6.45) is -4.86. The van der Waals surface area contributed by atoms with Gasteiger partial charge in [0, 0.05) is 0 Å². The highest BCUT2D eigenvalue weighted by Gasteiger charge is 2.40. The van der Waals surface area contributed by atoms with Crippen molar-refractivity contribution >= 4 is 11.0 Å². The molecule has 0 saturated carbocycles. The second-order valence-corrected chi connectivity index (χ2v) is 4.86. The van der Waals surface area contributed by atoms with Gasteiger partial charge in [0.25, 0.3) is 0 Å². The first-order valence-electron chi connectivity index (χ1n) is 6.76. The van der Waals surface area contributed by atoms with E-state index in [0.29, 0.717) is 5.56 Å². The number of benzene rings is 2. The number of fused-ring (bicyclic) bond motifs is 1. The zero-order chi connectivity index (χ0) is 16.4. The minimum Gasteiger partial charge on any atom is -0.487 e. The summed E-state index contributed by atoms with van der Waals surface area (Å²) in [5.74, 6) is -0.506. The molecule has 0 aliphatic heterocycles. The summed E-state index contributed by atoms with van der Waals surface area (Å²) >= 11 is 0. The van der Waals surface area contributed by atoms with E-state index in [9.17, 15) is 18.0 Å². The van der Waals surface area contributed by atoms with Gasteiger partial charge in [-0.1, -0.05) is 42.5 Å². The molecule has 3 aromatic rings. The quantitative estimate of drug-likeness (QED) is 0.672. The molecule has 0 fully saturated rings. The maximum Gasteiger partial charge on any atom is 0.427 e. The Hall–Kier alpha value is -2.76. The molecule has 6 heteroatoms. The second kappa shape index (κ2) is 5.79. The summed E-state index contributed by atoms with van der Waals surface area (Å²) in [4.78, 5) is 11.7. The van der Waals surface area contributed by atoms with Crippen LogP contribution in [-0.2, 0) is 12.8 Å². The predicted molar refractivity (Wildman–Crippen MR) is 78.3 cm³/mol. The topological polar surface area (TPSA) is 39.4 Å². The van der Waals surface area contributed by atoms with Crippen molar-refractivity contribution in [3.63, 3.8) is 0 Å². The van der Waals surface area contributed by atoms with Crippen LogP contribution in [0.3, 0.4) is 0 Å². The summed E-state index contributed by atoms with van der Waals surface area (Å²) in [7, 11) is 0. The minimum absolute atomic E-state index is 0.0496. The smallest absolute Gasteiger partial charge is 0.427 e. The number of alkyl halides is 3. The Morgan fingerprint density at radius 2 is 1.61 bits per heavy atom. The monoisotopic (exact) mass is 320 g/mol.